The maximum absolute atomic E-state index is 13.8. The molecule has 0 unspecified atom stereocenters. The van der Waals surface area contributed by atoms with Crippen molar-refractivity contribution in [3.05, 3.63) is 103 Å². The molecule has 0 aliphatic carbocycles. The van der Waals surface area contributed by atoms with E-state index in [-0.39, 0.29) is 22.2 Å². The van der Waals surface area contributed by atoms with Gasteiger partial charge in [-0.2, -0.15) is 9.41 Å². The highest BCUT2D eigenvalue weighted by atomic mass is 35.5. The smallest absolute Gasteiger partial charge is 0.269 e. The van der Waals surface area contributed by atoms with E-state index in [1.165, 1.54) is 30.5 Å². The minimum absolute atomic E-state index is 0.0778. The molecular weight excluding hydrogens is 539 g/mol. The molecule has 0 atom stereocenters. The van der Waals surface area contributed by atoms with Gasteiger partial charge in [0.2, 0.25) is 10.0 Å². The van der Waals surface area contributed by atoms with E-state index in [0.29, 0.717) is 27.3 Å². The molecule has 0 aromatic heterocycles. The zero-order valence-corrected chi connectivity index (χ0v) is 22.6. The van der Waals surface area contributed by atoms with Crippen LogP contribution in [0.3, 0.4) is 0 Å². The lowest BCUT2D eigenvalue weighted by molar-refractivity contribution is -0.384. The first-order chi connectivity index (χ1) is 17.4. The molecule has 1 amide bonds. The van der Waals surface area contributed by atoms with Crippen LogP contribution in [-0.2, 0) is 21.4 Å². The predicted molar refractivity (Wildman–Crippen MR) is 144 cm³/mol. The lowest BCUT2D eigenvalue weighted by Crippen LogP contribution is -2.39. The first-order valence-electron chi connectivity index (χ1n) is 11.0. The Balaban J connectivity index is 1.86. The Labute approximate surface area is 224 Å². The molecule has 0 radical (unpaired) electrons. The van der Waals surface area contributed by atoms with E-state index in [4.69, 9.17) is 23.2 Å². The number of nitrogens with one attached hydrogen (secondary N) is 1. The van der Waals surface area contributed by atoms with Crippen molar-refractivity contribution in [1.29, 1.82) is 0 Å². The highest BCUT2D eigenvalue weighted by Gasteiger charge is 2.30. The number of rotatable bonds is 9. The van der Waals surface area contributed by atoms with E-state index in [1.54, 1.807) is 44.2 Å². The molecule has 0 heterocycles. The Morgan fingerprint density at radius 1 is 1.03 bits per heavy atom. The van der Waals surface area contributed by atoms with Gasteiger partial charge in [0.15, 0.2) is 0 Å². The van der Waals surface area contributed by atoms with Crippen molar-refractivity contribution in [2.24, 2.45) is 5.10 Å². The predicted octanol–water partition coefficient (Wildman–Crippen LogP) is 5.17. The summed E-state index contributed by atoms with van der Waals surface area (Å²) in [6.07, 6.45) is 1.30. The van der Waals surface area contributed by atoms with Crippen molar-refractivity contribution in [3.8, 4) is 0 Å². The highest BCUT2D eigenvalue weighted by molar-refractivity contribution is 7.89. The van der Waals surface area contributed by atoms with E-state index >= 15 is 0 Å². The zero-order chi connectivity index (χ0) is 27.3. The summed E-state index contributed by atoms with van der Waals surface area (Å²) in [7, 11) is -4.10. The molecule has 0 saturated heterocycles. The van der Waals surface area contributed by atoms with Crippen LogP contribution in [0.25, 0.3) is 0 Å². The lowest BCUT2D eigenvalue weighted by atomic mass is 10.1. The number of hydrazone groups is 1. The molecule has 3 aromatic carbocycles. The Hall–Kier alpha value is -3.31. The van der Waals surface area contributed by atoms with Crippen LogP contribution in [0, 0.1) is 30.9 Å². The van der Waals surface area contributed by atoms with Crippen molar-refractivity contribution >= 4 is 51.0 Å². The molecule has 194 valence electrons. The summed E-state index contributed by atoms with van der Waals surface area (Å²) in [5.41, 5.74) is 5.33. The topological polar surface area (TPSA) is 122 Å². The van der Waals surface area contributed by atoms with Gasteiger partial charge < -0.3 is 0 Å². The van der Waals surface area contributed by atoms with Gasteiger partial charge in [0.25, 0.3) is 11.6 Å². The van der Waals surface area contributed by atoms with Crippen molar-refractivity contribution in [1.82, 2.24) is 9.73 Å². The number of carbonyl (C=O) groups is 1. The fourth-order valence-electron chi connectivity index (χ4n) is 3.83. The normalized spacial score (nSPS) is 11.7. The van der Waals surface area contributed by atoms with E-state index in [2.05, 4.69) is 10.5 Å². The van der Waals surface area contributed by atoms with Crippen LogP contribution in [0.15, 0.2) is 64.6 Å². The van der Waals surface area contributed by atoms with E-state index in [0.717, 1.165) is 9.87 Å². The minimum Gasteiger partial charge on any atom is -0.272 e. The van der Waals surface area contributed by atoms with Crippen LogP contribution in [-0.4, -0.2) is 36.3 Å². The van der Waals surface area contributed by atoms with E-state index in [1.807, 2.05) is 6.92 Å². The number of carbonyl (C=O) groups excluding carboxylic acids is 1. The maximum Gasteiger partial charge on any atom is 0.269 e. The molecule has 9 nitrogen and oxygen atoms in total. The number of halogens is 2. The third-order valence-corrected chi connectivity index (χ3v) is 8.21. The van der Waals surface area contributed by atoms with Crippen LogP contribution in [0.1, 0.15) is 27.8 Å². The second kappa shape index (κ2) is 11.8. The fraction of sp³-hybridized carbons (Fsp3) is 0.200. The lowest BCUT2D eigenvalue weighted by Gasteiger charge is -2.24. The number of nitro groups is 1. The fourth-order valence-corrected chi connectivity index (χ4v) is 5.94. The number of amides is 1. The number of benzene rings is 3. The zero-order valence-electron chi connectivity index (χ0n) is 20.2. The number of sulfonamides is 1. The highest BCUT2D eigenvalue weighted by Crippen LogP contribution is 2.28. The minimum atomic E-state index is -4.10. The number of nitro benzene ring substituents is 1. The third kappa shape index (κ3) is 7.14. The summed E-state index contributed by atoms with van der Waals surface area (Å²) in [6, 6.07) is 13.8. The summed E-state index contributed by atoms with van der Waals surface area (Å²) in [5.74, 6) is -0.677. The number of non-ortho nitro benzene ring substituents is 1. The average molecular weight is 563 g/mol. The first kappa shape index (κ1) is 28.3. The van der Waals surface area contributed by atoms with Gasteiger partial charge in [-0.3, -0.25) is 14.9 Å². The van der Waals surface area contributed by atoms with Crippen LogP contribution < -0.4 is 5.43 Å². The molecule has 3 aromatic rings. The molecule has 0 bridgehead atoms. The average Bonchev–Trinajstić information content (AvgIpc) is 2.80. The van der Waals surface area contributed by atoms with Gasteiger partial charge in [0.05, 0.1) is 32.6 Å². The maximum atomic E-state index is 13.8. The second-order valence-electron chi connectivity index (χ2n) is 8.39. The molecule has 0 spiro atoms. The van der Waals surface area contributed by atoms with Crippen LogP contribution >= 0.6 is 23.2 Å². The SMILES string of the molecule is Cc1cc(C)c(S(=O)(=O)N(CC(=O)N/N=C/c2ccc([N+](=O)[O-])cc2)Cc2ccc(Cl)c(Cl)c2)c(C)c1. The Bertz CT molecular complexity index is 1450. The Morgan fingerprint density at radius 3 is 2.22 bits per heavy atom. The van der Waals surface area contributed by atoms with Gasteiger partial charge in [-0.15, -0.1) is 0 Å². The Morgan fingerprint density at radius 2 is 1.65 bits per heavy atom. The second-order valence-corrected chi connectivity index (χ2v) is 11.1. The quantitative estimate of drug-likeness (QED) is 0.219. The van der Waals surface area contributed by atoms with Crippen LogP contribution in [0.2, 0.25) is 10.0 Å². The summed E-state index contributed by atoms with van der Waals surface area (Å²) < 4.78 is 28.6. The molecule has 0 saturated carbocycles. The van der Waals surface area contributed by atoms with Gasteiger partial charge in [0.1, 0.15) is 0 Å². The third-order valence-electron chi connectivity index (χ3n) is 5.37. The van der Waals surface area contributed by atoms with Crippen molar-refractivity contribution in [2.45, 2.75) is 32.2 Å². The summed E-state index contributed by atoms with van der Waals surface area (Å²) in [5, 5.41) is 15.2. The van der Waals surface area contributed by atoms with Gasteiger partial charge in [-0.1, -0.05) is 47.0 Å². The number of hydrogen-bond acceptors (Lipinski definition) is 6. The molecule has 0 fully saturated rings. The van der Waals surface area contributed by atoms with Crippen molar-refractivity contribution in [3.63, 3.8) is 0 Å². The van der Waals surface area contributed by atoms with Crippen molar-refractivity contribution in [2.75, 3.05) is 6.54 Å². The molecule has 37 heavy (non-hydrogen) atoms. The van der Waals surface area contributed by atoms with Crippen molar-refractivity contribution < 1.29 is 18.1 Å². The largest absolute Gasteiger partial charge is 0.272 e. The molecular formula is C25H24Cl2N4O5S. The summed E-state index contributed by atoms with van der Waals surface area (Å²) >= 11 is 12.1. The summed E-state index contributed by atoms with van der Waals surface area (Å²) in [4.78, 5) is 23.1. The van der Waals surface area contributed by atoms with Gasteiger partial charge in [-0.25, -0.2) is 13.8 Å². The first-order valence-corrected chi connectivity index (χ1v) is 13.2. The van der Waals surface area contributed by atoms with Gasteiger partial charge in [0, 0.05) is 18.7 Å². The van der Waals surface area contributed by atoms with E-state index in [9.17, 15) is 23.3 Å². The molecule has 1 N–H and O–H groups in total. The molecule has 3 rings (SSSR count). The van der Waals surface area contributed by atoms with E-state index < -0.39 is 27.4 Å². The monoisotopic (exact) mass is 562 g/mol. The molecule has 0 aliphatic heterocycles. The summed E-state index contributed by atoms with van der Waals surface area (Å²) in [6.45, 7) is 4.64. The van der Waals surface area contributed by atoms with Crippen LogP contribution in [0.4, 0.5) is 5.69 Å². The van der Waals surface area contributed by atoms with Gasteiger partial charge >= 0.3 is 0 Å². The van der Waals surface area contributed by atoms with Gasteiger partial charge in [-0.05, 0) is 67.3 Å². The van der Waals surface area contributed by atoms with Crippen LogP contribution in [0.5, 0.6) is 0 Å². The number of hydrogen-bond donors (Lipinski definition) is 1. The number of aryl methyl sites for hydroxylation is 3. The molecule has 12 heteroatoms. The Kier molecular flexibility index (Phi) is 9.03. The number of nitrogens with zero attached hydrogens (tertiary/aromatic N) is 3. The standard InChI is InChI=1S/C25H24Cl2N4O5S/c1-16-10-17(2)25(18(3)11-16)37(35,36)30(14-20-6-9-22(26)23(27)12-20)15-24(32)29-28-13-19-4-7-21(8-5-19)31(33)34/h4-13H,14-15H2,1-3H3,(H,29,32)/b28-13+. The molecule has 0 aliphatic rings.